The topological polar surface area (TPSA) is 132 Å². The van der Waals surface area contributed by atoms with Crippen molar-refractivity contribution in [2.24, 2.45) is 0 Å². The van der Waals surface area contributed by atoms with Gasteiger partial charge in [0.15, 0.2) is 0 Å². The van der Waals surface area contributed by atoms with Crippen molar-refractivity contribution in [1.82, 2.24) is 0 Å². The molecule has 0 spiro atoms. The van der Waals surface area contributed by atoms with Crippen molar-refractivity contribution in [2.45, 2.75) is 0 Å². The van der Waals surface area contributed by atoms with Gasteiger partial charge in [-0.3, -0.25) is 13.6 Å². The Kier molecular flexibility index (Phi) is 25.2. The second-order valence-corrected chi connectivity index (χ2v) is 2.19. The molecule has 0 rings (SSSR count). The summed E-state index contributed by atoms with van der Waals surface area (Å²) in [6.07, 6.45) is 0. The van der Waals surface area contributed by atoms with Crippen molar-refractivity contribution in [2.75, 3.05) is 0 Å². The summed E-state index contributed by atoms with van der Waals surface area (Å²) in [6.45, 7) is 0. The monoisotopic (exact) mass is 526 g/mol. The van der Waals surface area contributed by atoms with Crippen LogP contribution in [0.15, 0.2) is 0 Å². The first-order valence-corrected chi connectivity index (χ1v) is 4.05. The van der Waals surface area contributed by atoms with E-state index in [0.717, 1.165) is 0 Å². The fourth-order valence-electron chi connectivity index (χ4n) is 0. The summed E-state index contributed by atoms with van der Waals surface area (Å²) < 4.78 is 40.3. The average molecular weight is 525 g/mol. The molecule has 0 saturated carbocycles. The molecule has 0 aliphatic heterocycles. The maximum atomic E-state index is 8.74. The van der Waals surface area contributed by atoms with E-state index in [1.54, 1.807) is 0 Å². The Balaban J connectivity index is -0.0000000383. The van der Waals surface area contributed by atoms with E-state index in [-0.39, 0.29) is 76.2 Å². The van der Waals surface area contributed by atoms with E-state index < -0.39 is 19.6 Å². The van der Waals surface area contributed by atoms with E-state index in [0.29, 0.717) is 0 Å². The van der Waals surface area contributed by atoms with Gasteiger partial charge in [-0.2, -0.15) is 8.42 Å². The van der Waals surface area contributed by atoms with E-state index in [2.05, 4.69) is 0 Å². The molecule has 0 fully saturated rings. The molecule has 4 N–H and O–H groups in total. The average Bonchev–Trinajstić information content (AvgIpc) is 1.19. The molecule has 0 atom stereocenters. The van der Waals surface area contributed by atoms with Crippen LogP contribution in [-0.4, -0.2) is 112 Å². The summed E-state index contributed by atoms with van der Waals surface area (Å²) in [5.41, 5.74) is 0. The molecule has 11 heavy (non-hydrogen) atoms. The van der Waals surface area contributed by atoms with Crippen LogP contribution in [-0.2, 0) is 14.9 Å². The Labute approximate surface area is 125 Å². The van der Waals surface area contributed by atoms with Gasteiger partial charge < -0.3 is 9.59 Å². The fourth-order valence-corrected chi connectivity index (χ4v) is 0. The second-order valence-electron chi connectivity index (χ2n) is 0.730. The van der Waals surface area contributed by atoms with Gasteiger partial charge in [0.05, 0.1) is 0 Å². The molecule has 0 aromatic rings. The van der Waals surface area contributed by atoms with Gasteiger partial charge in [0.1, 0.15) is 0 Å². The molecule has 0 amide bonds. The molecule has 11 heteroatoms. The Morgan fingerprint density at radius 2 is 1.09 bits per heavy atom. The predicted octanol–water partition coefficient (Wildman–Crippen LogP) is -4.10. The van der Waals surface area contributed by atoms with E-state index in [1.165, 1.54) is 0 Å². The SMILES string of the molecule is O=S(=O)(O)O.O=[Si](O)O.[BaH2].[PbH2]. The molecule has 0 aromatic carbocycles. The molecule has 0 aliphatic rings. The summed E-state index contributed by atoms with van der Waals surface area (Å²) in [7, 11) is -7.80. The number of hydrogen-bond acceptors (Lipinski definition) is 3. The quantitative estimate of drug-likeness (QED) is 0.187. The van der Waals surface area contributed by atoms with Gasteiger partial charge in [0.25, 0.3) is 0 Å². The van der Waals surface area contributed by atoms with Crippen LogP contribution >= 0.6 is 0 Å². The van der Waals surface area contributed by atoms with Gasteiger partial charge in [0.2, 0.25) is 0 Å². The first-order valence-electron chi connectivity index (χ1n) is 1.35. The third-order valence-electron chi connectivity index (χ3n) is 0. The fraction of sp³-hybridized carbons (Fsp3) is 0. The summed E-state index contributed by atoms with van der Waals surface area (Å²) in [4.78, 5) is 14.3. The Morgan fingerprint density at radius 3 is 1.09 bits per heavy atom. The molecule has 0 aromatic heterocycles. The van der Waals surface area contributed by atoms with Crippen molar-refractivity contribution in [3.05, 3.63) is 0 Å². The van der Waals surface area contributed by atoms with Crippen molar-refractivity contribution < 1.29 is 31.6 Å². The summed E-state index contributed by atoms with van der Waals surface area (Å²) in [6, 6.07) is 0. The Morgan fingerprint density at radius 1 is 1.09 bits per heavy atom. The number of hydrogen-bond donors (Lipinski definition) is 4. The van der Waals surface area contributed by atoms with Gasteiger partial charge in [-0.15, -0.1) is 0 Å². The summed E-state index contributed by atoms with van der Waals surface area (Å²) in [5, 5.41) is 0. The zero-order chi connectivity index (χ0) is 8.08. The van der Waals surface area contributed by atoms with Crippen LogP contribution in [0.4, 0.5) is 0 Å². The molecule has 66 valence electrons. The minimum atomic E-state index is -4.67. The molecule has 0 unspecified atom stereocenters. The molecule has 0 aliphatic carbocycles. The summed E-state index contributed by atoms with van der Waals surface area (Å²) >= 11 is 0. The van der Waals surface area contributed by atoms with Crippen LogP contribution in [0.2, 0.25) is 0 Å². The minimum absolute atomic E-state index is 0. The third kappa shape index (κ3) is 304. The zero-order valence-electron chi connectivity index (χ0n) is 4.63. The van der Waals surface area contributed by atoms with Crippen molar-refractivity contribution in [1.29, 1.82) is 0 Å². The molecule has 0 bridgehead atoms. The van der Waals surface area contributed by atoms with Gasteiger partial charge in [-0.05, 0) is 0 Å². The van der Waals surface area contributed by atoms with E-state index in [4.69, 9.17) is 31.6 Å². The van der Waals surface area contributed by atoms with Crippen molar-refractivity contribution in [3.63, 3.8) is 0 Å². The van der Waals surface area contributed by atoms with Crippen LogP contribution in [0.5, 0.6) is 0 Å². The van der Waals surface area contributed by atoms with Crippen LogP contribution < -0.4 is 0 Å². The van der Waals surface area contributed by atoms with Crippen molar-refractivity contribution in [3.8, 4) is 0 Å². The maximum absolute atomic E-state index is 8.74. The standard InChI is InChI=1S/Ba.H2O4S.H2O3Si.Pb.4H/c;1-5(2,3)4;1-4(2)3;;;;;/h;(H2,1,2,3,4);1-2H;;;;;. The first kappa shape index (κ1) is 23.1. The van der Waals surface area contributed by atoms with Gasteiger partial charge in [0, 0.05) is 0 Å². The van der Waals surface area contributed by atoms with Gasteiger partial charge in [-0.1, -0.05) is 0 Å². The van der Waals surface area contributed by atoms with Crippen molar-refractivity contribution >= 4 is 95.7 Å². The molecular formula is H8BaO7PbSSi. The third-order valence-corrected chi connectivity index (χ3v) is 0. The van der Waals surface area contributed by atoms with Crippen LogP contribution in [0, 0.1) is 0 Å². The van der Waals surface area contributed by atoms with E-state index in [1.807, 2.05) is 0 Å². The Bertz CT molecular complexity index is 161. The molecule has 2 radical (unpaired) electrons. The van der Waals surface area contributed by atoms with Gasteiger partial charge >= 0.3 is 95.7 Å². The van der Waals surface area contributed by atoms with E-state index in [9.17, 15) is 0 Å². The van der Waals surface area contributed by atoms with Crippen LogP contribution in [0.25, 0.3) is 0 Å². The first-order chi connectivity index (χ1) is 3.73. The molecule has 0 saturated heterocycles. The number of rotatable bonds is 0. The zero-order valence-corrected chi connectivity index (χ0v) is 11.9. The van der Waals surface area contributed by atoms with Crippen LogP contribution in [0.1, 0.15) is 0 Å². The molecular weight excluding hydrogens is 517 g/mol. The Hall–Kier alpha value is 1.98. The normalized spacial score (nSPS) is 7.45. The summed E-state index contributed by atoms with van der Waals surface area (Å²) in [5.74, 6) is 0. The second kappa shape index (κ2) is 12.0. The van der Waals surface area contributed by atoms with Crippen LogP contribution in [0.3, 0.4) is 0 Å². The molecule has 7 nitrogen and oxygen atoms in total. The predicted molar refractivity (Wildman–Crippen MR) is 42.1 cm³/mol. The molecule has 0 heterocycles. The van der Waals surface area contributed by atoms with E-state index >= 15 is 0 Å². The van der Waals surface area contributed by atoms with Gasteiger partial charge in [-0.25, -0.2) is 0 Å².